The molecule has 2 aliphatic rings. The normalized spacial score (nSPS) is 40.4. The van der Waals surface area contributed by atoms with Crippen molar-refractivity contribution in [2.24, 2.45) is 11.7 Å². The maximum Gasteiger partial charge on any atom is 0.0674 e. The molecule has 3 nitrogen and oxygen atoms in total. The molecule has 1 aliphatic heterocycles. The van der Waals surface area contributed by atoms with E-state index in [1.807, 2.05) is 0 Å². The van der Waals surface area contributed by atoms with E-state index in [0.717, 1.165) is 32.2 Å². The fraction of sp³-hybridized carbons (Fsp3) is 1.00. The smallest absolute Gasteiger partial charge is 0.0674 e. The second kappa shape index (κ2) is 5.68. The Kier molecular flexibility index (Phi) is 4.45. The minimum Gasteiger partial charge on any atom is -0.376 e. The topological polar surface area (TPSA) is 38.5 Å². The average Bonchev–Trinajstić information content (AvgIpc) is 2.38. The van der Waals surface area contributed by atoms with Crippen LogP contribution in [0, 0.1) is 5.92 Å². The first kappa shape index (κ1) is 13.3. The van der Waals surface area contributed by atoms with E-state index in [1.165, 1.54) is 32.1 Å². The zero-order valence-corrected chi connectivity index (χ0v) is 11.5. The summed E-state index contributed by atoms with van der Waals surface area (Å²) in [5.41, 5.74) is 6.47. The highest BCUT2D eigenvalue weighted by molar-refractivity contribution is 5.00. The molecule has 100 valence electrons. The Balaban J connectivity index is 2.15. The Morgan fingerprint density at radius 1 is 1.41 bits per heavy atom. The van der Waals surface area contributed by atoms with Gasteiger partial charge < -0.3 is 10.5 Å². The van der Waals surface area contributed by atoms with Crippen molar-refractivity contribution in [2.45, 2.75) is 57.6 Å². The summed E-state index contributed by atoms with van der Waals surface area (Å²) in [6.07, 6.45) is 7.02. The van der Waals surface area contributed by atoms with Crippen molar-refractivity contribution in [3.8, 4) is 0 Å². The standard InChI is InChI=1S/C14H28N2O/c1-3-13-6-4-5-7-14(13,11-15)16-8-9-17-12(2)10-16/h12-13H,3-11,15H2,1-2H3. The molecule has 0 radical (unpaired) electrons. The fourth-order valence-electron chi connectivity index (χ4n) is 3.92. The second-order valence-electron chi connectivity index (χ2n) is 5.79. The van der Waals surface area contributed by atoms with Crippen molar-refractivity contribution < 1.29 is 4.74 Å². The number of hydrogen-bond donors (Lipinski definition) is 1. The molecule has 0 aromatic rings. The van der Waals surface area contributed by atoms with E-state index in [-0.39, 0.29) is 5.54 Å². The van der Waals surface area contributed by atoms with Gasteiger partial charge in [0.2, 0.25) is 0 Å². The van der Waals surface area contributed by atoms with Gasteiger partial charge in [-0.3, -0.25) is 4.90 Å². The summed E-state index contributed by atoms with van der Waals surface area (Å²) in [4.78, 5) is 2.65. The van der Waals surface area contributed by atoms with Crippen LogP contribution >= 0.6 is 0 Å². The van der Waals surface area contributed by atoms with Crippen LogP contribution in [0.15, 0.2) is 0 Å². The van der Waals surface area contributed by atoms with Crippen LogP contribution in [0.25, 0.3) is 0 Å². The van der Waals surface area contributed by atoms with Gasteiger partial charge in [0.15, 0.2) is 0 Å². The third-order valence-electron chi connectivity index (χ3n) is 4.89. The Bertz CT molecular complexity index is 246. The van der Waals surface area contributed by atoms with Gasteiger partial charge in [-0.05, 0) is 25.7 Å². The fourth-order valence-corrected chi connectivity index (χ4v) is 3.92. The molecule has 1 saturated carbocycles. The van der Waals surface area contributed by atoms with Crippen molar-refractivity contribution in [1.82, 2.24) is 4.90 Å². The van der Waals surface area contributed by atoms with Crippen LogP contribution in [0.1, 0.15) is 46.0 Å². The van der Waals surface area contributed by atoms with E-state index < -0.39 is 0 Å². The molecule has 3 heteroatoms. The summed E-state index contributed by atoms with van der Waals surface area (Å²) in [5.74, 6) is 0.784. The summed E-state index contributed by atoms with van der Waals surface area (Å²) in [6.45, 7) is 8.33. The lowest BCUT2D eigenvalue weighted by Crippen LogP contribution is -2.63. The predicted octanol–water partition coefficient (Wildman–Crippen LogP) is 2.00. The van der Waals surface area contributed by atoms with E-state index in [4.69, 9.17) is 10.5 Å². The molecule has 0 aromatic carbocycles. The Hall–Kier alpha value is -0.120. The van der Waals surface area contributed by atoms with Crippen molar-refractivity contribution in [1.29, 1.82) is 0 Å². The van der Waals surface area contributed by atoms with Crippen LogP contribution in [0.2, 0.25) is 0 Å². The van der Waals surface area contributed by atoms with E-state index >= 15 is 0 Å². The molecule has 3 unspecified atom stereocenters. The highest BCUT2D eigenvalue weighted by Gasteiger charge is 2.44. The Morgan fingerprint density at radius 2 is 2.24 bits per heavy atom. The summed E-state index contributed by atoms with van der Waals surface area (Å²) in [5, 5.41) is 0. The monoisotopic (exact) mass is 240 g/mol. The van der Waals surface area contributed by atoms with Gasteiger partial charge in [0, 0.05) is 25.2 Å². The highest BCUT2D eigenvalue weighted by atomic mass is 16.5. The molecular weight excluding hydrogens is 212 g/mol. The Labute approximate surface area is 106 Å². The molecule has 0 spiro atoms. The zero-order valence-electron chi connectivity index (χ0n) is 11.5. The summed E-state index contributed by atoms with van der Waals surface area (Å²) >= 11 is 0. The lowest BCUT2D eigenvalue weighted by atomic mass is 9.70. The third-order valence-corrected chi connectivity index (χ3v) is 4.89. The first-order chi connectivity index (χ1) is 8.23. The molecule has 0 bridgehead atoms. The van der Waals surface area contributed by atoms with Crippen LogP contribution < -0.4 is 5.73 Å². The van der Waals surface area contributed by atoms with Crippen molar-refractivity contribution >= 4 is 0 Å². The van der Waals surface area contributed by atoms with E-state index in [1.54, 1.807) is 0 Å². The SMILES string of the molecule is CCC1CCCCC1(CN)N1CCOC(C)C1. The van der Waals surface area contributed by atoms with Gasteiger partial charge in [-0.25, -0.2) is 0 Å². The first-order valence-corrected chi connectivity index (χ1v) is 7.29. The summed E-state index contributed by atoms with van der Waals surface area (Å²) in [6, 6.07) is 0. The molecule has 1 saturated heterocycles. The molecule has 1 aliphatic carbocycles. The molecule has 2 fully saturated rings. The lowest BCUT2D eigenvalue weighted by molar-refractivity contribution is -0.0893. The van der Waals surface area contributed by atoms with Gasteiger partial charge in [0.1, 0.15) is 0 Å². The van der Waals surface area contributed by atoms with Gasteiger partial charge in [-0.1, -0.05) is 26.2 Å². The van der Waals surface area contributed by atoms with Gasteiger partial charge in [-0.2, -0.15) is 0 Å². The number of ether oxygens (including phenoxy) is 1. The van der Waals surface area contributed by atoms with Gasteiger partial charge in [-0.15, -0.1) is 0 Å². The largest absolute Gasteiger partial charge is 0.376 e. The van der Waals surface area contributed by atoms with E-state index in [0.29, 0.717) is 6.10 Å². The minimum absolute atomic E-state index is 0.269. The van der Waals surface area contributed by atoms with E-state index in [9.17, 15) is 0 Å². The maximum atomic E-state index is 6.20. The summed E-state index contributed by atoms with van der Waals surface area (Å²) in [7, 11) is 0. The summed E-state index contributed by atoms with van der Waals surface area (Å²) < 4.78 is 5.67. The number of rotatable bonds is 3. The molecule has 2 N–H and O–H groups in total. The quantitative estimate of drug-likeness (QED) is 0.820. The first-order valence-electron chi connectivity index (χ1n) is 7.29. The number of nitrogens with zero attached hydrogens (tertiary/aromatic N) is 1. The van der Waals surface area contributed by atoms with Crippen LogP contribution in [0.3, 0.4) is 0 Å². The molecule has 3 atom stereocenters. The average molecular weight is 240 g/mol. The zero-order chi connectivity index (χ0) is 12.3. The van der Waals surface area contributed by atoms with Crippen molar-refractivity contribution in [2.75, 3.05) is 26.2 Å². The van der Waals surface area contributed by atoms with Gasteiger partial charge >= 0.3 is 0 Å². The lowest BCUT2D eigenvalue weighted by Gasteiger charge is -2.53. The Morgan fingerprint density at radius 3 is 2.88 bits per heavy atom. The predicted molar refractivity (Wildman–Crippen MR) is 71.0 cm³/mol. The van der Waals surface area contributed by atoms with Crippen LogP contribution in [-0.2, 0) is 4.74 Å². The minimum atomic E-state index is 0.269. The molecule has 0 amide bonds. The van der Waals surface area contributed by atoms with Crippen molar-refractivity contribution in [3.05, 3.63) is 0 Å². The second-order valence-corrected chi connectivity index (χ2v) is 5.79. The number of nitrogens with two attached hydrogens (primary N) is 1. The molecule has 1 heterocycles. The molecular formula is C14H28N2O. The number of hydrogen-bond acceptors (Lipinski definition) is 3. The number of morpholine rings is 1. The molecule has 2 rings (SSSR count). The van der Waals surface area contributed by atoms with Crippen molar-refractivity contribution in [3.63, 3.8) is 0 Å². The van der Waals surface area contributed by atoms with Crippen LogP contribution in [-0.4, -0.2) is 42.8 Å². The third kappa shape index (κ3) is 2.51. The maximum absolute atomic E-state index is 6.20. The highest BCUT2D eigenvalue weighted by Crippen LogP contribution is 2.40. The molecule has 17 heavy (non-hydrogen) atoms. The van der Waals surface area contributed by atoms with E-state index in [2.05, 4.69) is 18.7 Å². The molecule has 0 aromatic heterocycles. The van der Waals surface area contributed by atoms with Gasteiger partial charge in [0.25, 0.3) is 0 Å². The van der Waals surface area contributed by atoms with Crippen LogP contribution in [0.4, 0.5) is 0 Å². The van der Waals surface area contributed by atoms with Crippen LogP contribution in [0.5, 0.6) is 0 Å². The van der Waals surface area contributed by atoms with Gasteiger partial charge in [0.05, 0.1) is 12.7 Å².